The molecular formula is C20H17ClN4O2. The monoisotopic (exact) mass is 380 g/mol. The molecule has 0 spiro atoms. The normalized spacial score (nSPS) is 19.4. The van der Waals surface area contributed by atoms with Crippen molar-refractivity contribution in [2.24, 2.45) is 7.05 Å². The number of likely N-dealkylation sites (N-methyl/N-ethyl adjacent to an activating group) is 1. The molecule has 0 saturated carbocycles. The number of fused-ring (bicyclic) bond motifs is 1. The zero-order chi connectivity index (χ0) is 19.2. The molecule has 6 nitrogen and oxygen atoms in total. The summed E-state index contributed by atoms with van der Waals surface area (Å²) in [6, 6.07) is 9.24. The summed E-state index contributed by atoms with van der Waals surface area (Å²) in [5, 5.41) is 16.0. The van der Waals surface area contributed by atoms with E-state index in [1.807, 2.05) is 31.3 Å². The van der Waals surface area contributed by atoms with E-state index in [0.717, 1.165) is 16.5 Å². The Balaban J connectivity index is 1.75. The first kappa shape index (κ1) is 17.5. The van der Waals surface area contributed by atoms with E-state index in [9.17, 15) is 9.90 Å². The molecule has 4 rings (SSSR count). The third-order valence-electron chi connectivity index (χ3n) is 4.77. The number of benzene rings is 1. The fourth-order valence-electron chi connectivity index (χ4n) is 3.22. The van der Waals surface area contributed by atoms with Gasteiger partial charge in [0.25, 0.3) is 5.91 Å². The first-order valence-electron chi connectivity index (χ1n) is 8.47. The number of halogens is 1. The van der Waals surface area contributed by atoms with Crippen molar-refractivity contribution in [3.63, 3.8) is 0 Å². The standard InChI is InChI=1S/C20H17ClN4O2/c1-24-9-8-20(27,19(24)26)7-6-13-4-3-5-14(10-13)18-15-12-22-25(2)16(15)11-17(21)23-18/h3-5,10-12,27H,8-9H2,1-2H3. The molecular weight excluding hydrogens is 364 g/mol. The van der Waals surface area contributed by atoms with Gasteiger partial charge >= 0.3 is 0 Å². The van der Waals surface area contributed by atoms with E-state index in [4.69, 9.17) is 11.6 Å². The molecule has 27 heavy (non-hydrogen) atoms. The molecule has 1 unspecified atom stereocenters. The molecule has 3 aromatic rings. The Labute approximate surface area is 161 Å². The van der Waals surface area contributed by atoms with Gasteiger partial charge in [-0.05, 0) is 12.1 Å². The lowest BCUT2D eigenvalue weighted by Gasteiger charge is -2.13. The molecule has 1 N–H and O–H groups in total. The quantitative estimate of drug-likeness (QED) is 0.519. The third-order valence-corrected chi connectivity index (χ3v) is 4.97. The van der Waals surface area contributed by atoms with Crippen molar-refractivity contribution in [3.8, 4) is 23.1 Å². The van der Waals surface area contributed by atoms with Crippen molar-refractivity contribution >= 4 is 28.4 Å². The summed E-state index contributed by atoms with van der Waals surface area (Å²) in [7, 11) is 3.51. The van der Waals surface area contributed by atoms with Gasteiger partial charge in [-0.3, -0.25) is 9.48 Å². The summed E-state index contributed by atoms with van der Waals surface area (Å²) in [6.45, 7) is 0.496. The summed E-state index contributed by atoms with van der Waals surface area (Å²) in [5.41, 5.74) is 1.50. The van der Waals surface area contributed by atoms with Crippen LogP contribution in [0.5, 0.6) is 0 Å². The van der Waals surface area contributed by atoms with Crippen LogP contribution in [0.15, 0.2) is 36.5 Å². The molecule has 0 radical (unpaired) electrons. The van der Waals surface area contributed by atoms with E-state index in [1.54, 1.807) is 24.0 Å². The fraction of sp³-hybridized carbons (Fsp3) is 0.250. The van der Waals surface area contributed by atoms with Gasteiger partial charge in [0.1, 0.15) is 5.15 Å². The van der Waals surface area contributed by atoms with Crippen molar-refractivity contribution in [2.75, 3.05) is 13.6 Å². The second-order valence-electron chi connectivity index (χ2n) is 6.66. The van der Waals surface area contributed by atoms with Gasteiger partial charge in [-0.1, -0.05) is 35.6 Å². The second-order valence-corrected chi connectivity index (χ2v) is 7.05. The zero-order valence-electron chi connectivity index (χ0n) is 14.9. The van der Waals surface area contributed by atoms with Crippen molar-refractivity contribution < 1.29 is 9.90 Å². The summed E-state index contributed by atoms with van der Waals surface area (Å²) >= 11 is 6.18. The Kier molecular flexibility index (Phi) is 4.14. The molecule has 1 saturated heterocycles. The number of aliphatic hydroxyl groups is 1. The van der Waals surface area contributed by atoms with E-state index in [1.165, 1.54) is 4.90 Å². The number of amides is 1. The third kappa shape index (κ3) is 3.05. The minimum Gasteiger partial charge on any atom is -0.369 e. The van der Waals surface area contributed by atoms with Crippen LogP contribution in [0.25, 0.3) is 22.2 Å². The SMILES string of the molecule is CN1CCC(O)(C#Cc2cccc(-c3nc(Cl)cc4c3cnn4C)c2)C1=O. The van der Waals surface area contributed by atoms with Crippen LogP contribution in [-0.2, 0) is 11.8 Å². The van der Waals surface area contributed by atoms with Gasteiger partial charge in [-0.25, -0.2) is 4.98 Å². The Bertz CT molecular complexity index is 1130. The number of likely N-dealkylation sites (tertiary alicyclic amines) is 1. The minimum atomic E-state index is -1.62. The lowest BCUT2D eigenvalue weighted by Crippen LogP contribution is -2.37. The summed E-state index contributed by atoms with van der Waals surface area (Å²) < 4.78 is 1.74. The first-order valence-corrected chi connectivity index (χ1v) is 8.85. The fourth-order valence-corrected chi connectivity index (χ4v) is 3.41. The maximum Gasteiger partial charge on any atom is 0.267 e. The smallest absolute Gasteiger partial charge is 0.267 e. The van der Waals surface area contributed by atoms with Gasteiger partial charge < -0.3 is 10.0 Å². The molecule has 2 aromatic heterocycles. The van der Waals surface area contributed by atoms with Gasteiger partial charge in [0.2, 0.25) is 5.60 Å². The Morgan fingerprint density at radius 3 is 2.85 bits per heavy atom. The number of hydrogen-bond donors (Lipinski definition) is 1. The van der Waals surface area contributed by atoms with Crippen LogP contribution in [0.1, 0.15) is 12.0 Å². The van der Waals surface area contributed by atoms with E-state index in [-0.39, 0.29) is 5.91 Å². The average Bonchev–Trinajstić information content (AvgIpc) is 3.15. The highest BCUT2D eigenvalue weighted by Crippen LogP contribution is 2.29. The number of nitrogens with zero attached hydrogens (tertiary/aromatic N) is 4. The first-order chi connectivity index (χ1) is 12.9. The predicted molar refractivity (Wildman–Crippen MR) is 103 cm³/mol. The number of aryl methyl sites for hydroxylation is 1. The molecule has 1 aliphatic rings. The molecule has 1 fully saturated rings. The Hall–Kier alpha value is -2.88. The lowest BCUT2D eigenvalue weighted by atomic mass is 10.0. The van der Waals surface area contributed by atoms with Gasteiger partial charge in [-0.2, -0.15) is 5.10 Å². The predicted octanol–water partition coefficient (Wildman–Crippen LogP) is 2.23. The van der Waals surface area contributed by atoms with E-state index in [0.29, 0.717) is 29.4 Å². The van der Waals surface area contributed by atoms with Crippen LogP contribution >= 0.6 is 11.6 Å². The zero-order valence-corrected chi connectivity index (χ0v) is 15.7. The summed E-state index contributed by atoms with van der Waals surface area (Å²) in [6.07, 6.45) is 2.06. The topological polar surface area (TPSA) is 71.2 Å². The molecule has 1 aliphatic heterocycles. The number of rotatable bonds is 1. The Morgan fingerprint density at radius 1 is 1.30 bits per heavy atom. The molecule has 0 bridgehead atoms. The highest BCUT2D eigenvalue weighted by Gasteiger charge is 2.42. The summed E-state index contributed by atoms with van der Waals surface area (Å²) in [4.78, 5) is 18.0. The molecule has 1 aromatic carbocycles. The highest BCUT2D eigenvalue weighted by molar-refractivity contribution is 6.30. The van der Waals surface area contributed by atoms with E-state index < -0.39 is 5.60 Å². The highest BCUT2D eigenvalue weighted by atomic mass is 35.5. The van der Waals surface area contributed by atoms with E-state index in [2.05, 4.69) is 21.9 Å². The largest absolute Gasteiger partial charge is 0.369 e. The molecule has 3 heterocycles. The van der Waals surface area contributed by atoms with Crippen LogP contribution in [0, 0.1) is 11.8 Å². The number of carbonyl (C=O) groups is 1. The molecule has 136 valence electrons. The lowest BCUT2D eigenvalue weighted by molar-refractivity contribution is -0.137. The van der Waals surface area contributed by atoms with Gasteiger partial charge in [0.05, 0.1) is 17.4 Å². The molecule has 7 heteroatoms. The minimum absolute atomic E-state index is 0.307. The Morgan fingerprint density at radius 2 is 2.11 bits per heavy atom. The molecule has 1 amide bonds. The second kappa shape index (κ2) is 6.38. The van der Waals surface area contributed by atoms with Gasteiger partial charge in [0, 0.05) is 49.6 Å². The van der Waals surface area contributed by atoms with Crippen molar-refractivity contribution in [1.82, 2.24) is 19.7 Å². The van der Waals surface area contributed by atoms with E-state index >= 15 is 0 Å². The number of hydrogen-bond acceptors (Lipinski definition) is 4. The van der Waals surface area contributed by atoms with Crippen LogP contribution in [-0.4, -0.2) is 49.9 Å². The van der Waals surface area contributed by atoms with Crippen LogP contribution in [0.2, 0.25) is 5.15 Å². The van der Waals surface area contributed by atoms with Crippen molar-refractivity contribution in [3.05, 3.63) is 47.2 Å². The molecule has 1 atom stereocenters. The molecule has 0 aliphatic carbocycles. The number of carbonyl (C=O) groups excluding carboxylic acids is 1. The number of aromatic nitrogens is 3. The van der Waals surface area contributed by atoms with Crippen molar-refractivity contribution in [2.45, 2.75) is 12.0 Å². The number of pyridine rings is 1. The average molecular weight is 381 g/mol. The van der Waals surface area contributed by atoms with Crippen LogP contribution in [0.4, 0.5) is 0 Å². The van der Waals surface area contributed by atoms with Crippen LogP contribution < -0.4 is 0 Å². The summed E-state index contributed by atoms with van der Waals surface area (Å²) in [5.74, 6) is 5.30. The maximum atomic E-state index is 12.1. The maximum absolute atomic E-state index is 12.1. The van der Waals surface area contributed by atoms with Crippen LogP contribution in [0.3, 0.4) is 0 Å². The van der Waals surface area contributed by atoms with Gasteiger partial charge in [-0.15, -0.1) is 0 Å². The van der Waals surface area contributed by atoms with Crippen molar-refractivity contribution in [1.29, 1.82) is 0 Å². The van der Waals surface area contributed by atoms with Gasteiger partial charge in [0.15, 0.2) is 0 Å².